The first-order valence-electron chi connectivity index (χ1n) is 0. The third kappa shape index (κ3) is 18.4. The summed E-state index contributed by atoms with van der Waals surface area (Å²) in [5.74, 6) is 0. The monoisotopic (exact) mass is 305 g/mol. The Bertz CT molecular complexity index is 11.6. The molecule has 0 N–H and O–H groups in total. The van der Waals surface area contributed by atoms with Crippen LogP contribution < -0.4 is 0 Å². The van der Waals surface area contributed by atoms with Gasteiger partial charge in [0, 0.05) is 38.8 Å². The van der Waals surface area contributed by atoms with Crippen LogP contribution in [-0.4, -0.2) is 77.2 Å². The third-order valence-corrected chi connectivity index (χ3v) is 0. The maximum Gasteiger partial charge on any atom is 0 e. The van der Waals surface area contributed by atoms with Crippen molar-refractivity contribution < 1.29 is 38.8 Å². The molecule has 0 unspecified atom stereocenters. The van der Waals surface area contributed by atoms with Crippen LogP contribution in [0.3, 0.4) is 0 Å². The van der Waals surface area contributed by atoms with E-state index in [2.05, 4.69) is 0 Å². The zero-order valence-electron chi connectivity index (χ0n) is 0.878. The van der Waals surface area contributed by atoms with Crippen molar-refractivity contribution in [1.82, 2.24) is 0 Å². The van der Waals surface area contributed by atoms with Gasteiger partial charge in [0.25, 0.3) is 0 Å². The predicted molar refractivity (Wildman–Crippen MR) is 29.8 cm³/mol. The minimum absolute atomic E-state index is 0. The predicted octanol–water partition coefficient (Wildman–Crippen LogP) is -3.56. The van der Waals surface area contributed by atoms with Crippen molar-refractivity contribution in [3.05, 3.63) is 0 Å². The van der Waals surface area contributed by atoms with Gasteiger partial charge in [-0.05, 0) is 11.0 Å². The Morgan fingerprint density at radius 3 is 1.00 bits per heavy atom. The summed E-state index contributed by atoms with van der Waals surface area (Å²) in [5, 5.41) is 0. The Labute approximate surface area is 113 Å². The molecule has 0 fully saturated rings. The van der Waals surface area contributed by atoms with Crippen LogP contribution in [0.1, 0.15) is 0 Å². The van der Waals surface area contributed by atoms with Gasteiger partial charge in [-0.3, -0.25) is 0 Å². The van der Waals surface area contributed by atoms with E-state index in [9.17, 15) is 0 Å². The Morgan fingerprint density at radius 1 is 1.00 bits per heavy atom. The molecule has 0 aromatic rings. The zero-order chi connectivity index (χ0) is 0. The molecule has 5 heavy (non-hydrogen) atoms. The van der Waals surface area contributed by atoms with E-state index >= 15 is 0 Å². The molecule has 0 bridgehead atoms. The van der Waals surface area contributed by atoms with E-state index in [-0.39, 0.29) is 116 Å². The number of hydrogen-bond donors (Lipinski definition) is 0. The summed E-state index contributed by atoms with van der Waals surface area (Å²) >= 11 is 0. The second-order valence-electron chi connectivity index (χ2n) is 0. The fraction of sp³-hybridized carbons (Fsp3) is 0. The van der Waals surface area contributed by atoms with Crippen LogP contribution in [0, 0.1) is 0 Å². The van der Waals surface area contributed by atoms with Crippen molar-refractivity contribution in [3.63, 3.8) is 0 Å². The second kappa shape index (κ2) is 25.7. The summed E-state index contributed by atoms with van der Waals surface area (Å²) in [7, 11) is 0. The van der Waals surface area contributed by atoms with Gasteiger partial charge in [-0.25, -0.2) is 0 Å². The smallest absolute Gasteiger partial charge is 0 e. The van der Waals surface area contributed by atoms with Crippen molar-refractivity contribution in [2.45, 2.75) is 0 Å². The summed E-state index contributed by atoms with van der Waals surface area (Å²) in [6, 6.07) is 0. The van der Waals surface area contributed by atoms with Crippen LogP contribution in [0.2, 0.25) is 0 Å². The summed E-state index contributed by atoms with van der Waals surface area (Å²) in [6.07, 6.45) is 0. The molecule has 0 nitrogen and oxygen atoms in total. The first-order chi connectivity index (χ1) is 0. The molecular weight excluding hydrogens is 295 g/mol. The van der Waals surface area contributed by atoms with Gasteiger partial charge in [-0.15, -0.1) is 0 Å². The molecule has 0 rings (SSSR count). The summed E-state index contributed by atoms with van der Waals surface area (Å²) in [6.45, 7) is 0. The molecule has 0 spiro atoms. The van der Waals surface area contributed by atoms with Crippen LogP contribution >= 0.6 is 0 Å². The van der Waals surface area contributed by atoms with Crippen LogP contribution in [-0.2, 0) is 38.8 Å². The standard InChI is InChI=1S/Al.Ba.Mn.H4Si.Ti.5H/h;;;1H4;;;;;;. The number of rotatable bonds is 0. The topological polar surface area (TPSA) is 0 Å². The zero-order valence-corrected chi connectivity index (χ0v) is 3.62. The first-order valence-corrected chi connectivity index (χ1v) is 0. The minimum atomic E-state index is 0. The second-order valence-corrected chi connectivity index (χ2v) is 0. The average molecular weight is 304 g/mol. The van der Waals surface area contributed by atoms with E-state index in [1.54, 1.807) is 0 Å². The first kappa shape index (κ1) is 38.6. The maximum absolute atomic E-state index is 0. The largest absolute Gasteiger partial charge is 0.0149 e. The van der Waals surface area contributed by atoms with Crippen LogP contribution in [0.15, 0.2) is 0 Å². The quantitative estimate of drug-likeness (QED) is 0.407. The summed E-state index contributed by atoms with van der Waals surface area (Å²) in [5.41, 5.74) is 0. The van der Waals surface area contributed by atoms with E-state index < -0.39 is 0 Å². The SMILES string of the molecule is [AlH3].[BaH2].[Mn].[SiH4].[Ti]. The van der Waals surface area contributed by atoms with Crippen LogP contribution in [0.25, 0.3) is 0 Å². The Hall–Kier alpha value is 3.55. The number of hydrogen-bond acceptors (Lipinski definition) is 0. The summed E-state index contributed by atoms with van der Waals surface area (Å²) < 4.78 is 0. The van der Waals surface area contributed by atoms with Crippen LogP contribution in [0.4, 0.5) is 0 Å². The molecule has 0 heterocycles. The molecule has 0 aliphatic heterocycles. The molecule has 0 saturated carbocycles. The molecular formula is H9AlBaMnSiTi. The van der Waals surface area contributed by atoms with Gasteiger partial charge < -0.3 is 0 Å². The molecule has 0 aromatic carbocycles. The van der Waals surface area contributed by atoms with E-state index in [1.807, 2.05) is 0 Å². The molecule has 29 valence electrons. The molecule has 0 atom stereocenters. The van der Waals surface area contributed by atoms with Crippen LogP contribution in [0.5, 0.6) is 0 Å². The Morgan fingerprint density at radius 2 is 1.00 bits per heavy atom. The van der Waals surface area contributed by atoms with Gasteiger partial charge in [0.05, 0.1) is 0 Å². The maximum atomic E-state index is 0. The fourth-order valence-electron chi connectivity index (χ4n) is 0. The van der Waals surface area contributed by atoms with Gasteiger partial charge in [-0.2, -0.15) is 0 Å². The van der Waals surface area contributed by atoms with Crippen molar-refractivity contribution in [2.75, 3.05) is 0 Å². The van der Waals surface area contributed by atoms with Crippen molar-refractivity contribution in [3.8, 4) is 0 Å². The summed E-state index contributed by atoms with van der Waals surface area (Å²) in [4.78, 5) is 0. The minimum Gasteiger partial charge on any atom is -0.0149 e. The molecule has 0 saturated heterocycles. The van der Waals surface area contributed by atoms with Gasteiger partial charge in [0.2, 0.25) is 0 Å². The van der Waals surface area contributed by atoms with E-state index in [1.165, 1.54) is 0 Å². The van der Waals surface area contributed by atoms with E-state index in [0.717, 1.165) is 0 Å². The van der Waals surface area contributed by atoms with Crippen molar-refractivity contribution in [1.29, 1.82) is 0 Å². The molecule has 0 aromatic heterocycles. The van der Waals surface area contributed by atoms with Gasteiger partial charge in [0.15, 0.2) is 17.4 Å². The average Bonchev–Trinajstić information content (AvgIpc) is 0. The third-order valence-electron chi connectivity index (χ3n) is 0. The molecule has 0 aliphatic rings. The van der Waals surface area contributed by atoms with Gasteiger partial charge in [0.1, 0.15) is 0 Å². The van der Waals surface area contributed by atoms with Gasteiger partial charge >= 0.3 is 48.9 Å². The molecule has 0 amide bonds. The normalized spacial score (nSPS) is 0. The molecule has 5 heteroatoms. The Kier molecular flexibility index (Phi) is 199. The van der Waals surface area contributed by atoms with Crippen molar-refractivity contribution in [2.24, 2.45) is 0 Å². The van der Waals surface area contributed by atoms with E-state index in [4.69, 9.17) is 0 Å². The van der Waals surface area contributed by atoms with E-state index in [0.29, 0.717) is 0 Å². The van der Waals surface area contributed by atoms with Crippen molar-refractivity contribution >= 4 is 77.2 Å². The molecule has 1 radical (unpaired) electrons. The van der Waals surface area contributed by atoms with Gasteiger partial charge in [-0.1, -0.05) is 0 Å². The fourth-order valence-corrected chi connectivity index (χ4v) is 0. The Balaban J connectivity index is 0. The molecule has 0 aliphatic carbocycles.